The van der Waals surface area contributed by atoms with Gasteiger partial charge >= 0.3 is 17.9 Å². The first kappa shape index (κ1) is 47.3. The molecule has 0 fully saturated rings. The minimum absolute atomic E-state index is 0.0495. The summed E-state index contributed by atoms with van der Waals surface area (Å²) in [6.07, 6.45) is 37.2. The molecular weight excluding hydrogens is 630 g/mol. The Balaban J connectivity index is 4.46. The van der Waals surface area contributed by atoms with Crippen LogP contribution in [-0.4, -0.2) is 80.6 Å². The standard InChI is InChI=1S/C42H73NO7/c1-6-8-10-12-14-16-18-20-22-24-26-28-30-32-40(44)49-37-38(36-48-35-34-39(42(46)47)43(3,4)5)50-41(45)33-31-29-27-25-23-21-19-17-15-13-11-9-7-2/h10-13,16-19,38-39H,6-9,14-15,20-37H2,1-5H3/p+1/b12-10-,13-11-,18-16-,19-17-. The first-order valence-corrected chi connectivity index (χ1v) is 19.7. The normalized spacial score (nSPS) is 13.5. The van der Waals surface area contributed by atoms with Crippen LogP contribution >= 0.6 is 0 Å². The molecule has 0 amide bonds. The fraction of sp³-hybridized carbons (Fsp3) is 0.738. The molecule has 2 unspecified atom stereocenters. The maximum absolute atomic E-state index is 12.6. The Morgan fingerprint density at radius 3 is 1.54 bits per heavy atom. The number of allylic oxidation sites excluding steroid dienone is 8. The molecule has 8 nitrogen and oxygen atoms in total. The van der Waals surface area contributed by atoms with Crippen LogP contribution in [-0.2, 0) is 28.6 Å². The second-order valence-corrected chi connectivity index (χ2v) is 14.2. The Morgan fingerprint density at radius 2 is 1.06 bits per heavy atom. The number of carbonyl (C=O) groups is 3. The van der Waals surface area contributed by atoms with Gasteiger partial charge in [-0.15, -0.1) is 0 Å². The van der Waals surface area contributed by atoms with Crippen molar-refractivity contribution in [3.05, 3.63) is 48.6 Å². The monoisotopic (exact) mass is 705 g/mol. The van der Waals surface area contributed by atoms with Gasteiger partial charge in [-0.1, -0.05) is 114 Å². The molecule has 50 heavy (non-hydrogen) atoms. The Morgan fingerprint density at radius 1 is 0.600 bits per heavy atom. The lowest BCUT2D eigenvalue weighted by molar-refractivity contribution is -0.887. The van der Waals surface area contributed by atoms with Crippen LogP contribution in [0.3, 0.4) is 0 Å². The summed E-state index contributed by atoms with van der Waals surface area (Å²) >= 11 is 0. The van der Waals surface area contributed by atoms with E-state index >= 15 is 0 Å². The zero-order valence-electron chi connectivity index (χ0n) is 32.6. The quantitative estimate of drug-likeness (QED) is 0.0308. The van der Waals surface area contributed by atoms with Crippen molar-refractivity contribution in [3.63, 3.8) is 0 Å². The predicted molar refractivity (Wildman–Crippen MR) is 206 cm³/mol. The smallest absolute Gasteiger partial charge is 0.362 e. The lowest BCUT2D eigenvalue weighted by atomic mass is 10.1. The molecule has 1 N–H and O–H groups in total. The van der Waals surface area contributed by atoms with E-state index in [9.17, 15) is 19.5 Å². The molecule has 2 atom stereocenters. The van der Waals surface area contributed by atoms with Gasteiger partial charge in [-0.05, 0) is 64.2 Å². The van der Waals surface area contributed by atoms with Gasteiger partial charge in [0.1, 0.15) is 6.61 Å². The number of carboxylic acids is 1. The molecule has 0 saturated carbocycles. The molecule has 0 aliphatic carbocycles. The van der Waals surface area contributed by atoms with E-state index in [1.54, 1.807) is 0 Å². The van der Waals surface area contributed by atoms with Crippen molar-refractivity contribution in [1.29, 1.82) is 0 Å². The number of unbranched alkanes of at least 4 members (excludes halogenated alkanes) is 12. The van der Waals surface area contributed by atoms with Crippen LogP contribution in [0.4, 0.5) is 0 Å². The minimum atomic E-state index is -0.882. The van der Waals surface area contributed by atoms with Crippen molar-refractivity contribution in [1.82, 2.24) is 0 Å². The number of hydrogen-bond acceptors (Lipinski definition) is 6. The van der Waals surface area contributed by atoms with Crippen molar-refractivity contribution in [2.45, 2.75) is 161 Å². The maximum Gasteiger partial charge on any atom is 0.362 e. The van der Waals surface area contributed by atoms with Crippen LogP contribution in [0, 0.1) is 0 Å². The van der Waals surface area contributed by atoms with Crippen molar-refractivity contribution < 1.29 is 38.2 Å². The number of carboxylic acid groups (broad SMARTS) is 1. The Bertz CT molecular complexity index is 964. The summed E-state index contributed by atoms with van der Waals surface area (Å²) in [5, 5.41) is 9.58. The van der Waals surface area contributed by atoms with Crippen LogP contribution in [0.1, 0.15) is 149 Å². The Labute approximate surface area is 306 Å². The number of ether oxygens (including phenoxy) is 3. The first-order chi connectivity index (χ1) is 24.1. The number of esters is 2. The average molecular weight is 705 g/mol. The van der Waals surface area contributed by atoms with Gasteiger partial charge in [-0.25, -0.2) is 4.79 Å². The van der Waals surface area contributed by atoms with Gasteiger partial charge in [0, 0.05) is 19.3 Å². The maximum atomic E-state index is 12.6. The van der Waals surface area contributed by atoms with E-state index in [0.717, 1.165) is 103 Å². The second-order valence-electron chi connectivity index (χ2n) is 14.2. The molecular formula is C42H74NO7+. The number of carbonyl (C=O) groups excluding carboxylic acids is 2. The molecule has 0 radical (unpaired) electrons. The highest BCUT2D eigenvalue weighted by molar-refractivity contribution is 5.72. The second kappa shape index (κ2) is 33.4. The third-order valence-electron chi connectivity index (χ3n) is 8.41. The van der Waals surface area contributed by atoms with E-state index in [0.29, 0.717) is 19.3 Å². The van der Waals surface area contributed by atoms with Gasteiger partial charge in [0.2, 0.25) is 0 Å². The number of rotatable bonds is 34. The van der Waals surface area contributed by atoms with Crippen LogP contribution in [0.15, 0.2) is 48.6 Å². The molecule has 0 aliphatic heterocycles. The number of hydrogen-bond donors (Lipinski definition) is 1. The topological polar surface area (TPSA) is 99.1 Å². The molecule has 0 heterocycles. The SMILES string of the molecule is CCC/C=C\C/C=C\CCCCCCCC(=O)OCC(COCCC(C(=O)O)[N+](C)(C)C)OC(=O)CCCCCCC/C=C\C/C=C\CCC. The van der Waals surface area contributed by atoms with Gasteiger partial charge in [-0.3, -0.25) is 9.59 Å². The fourth-order valence-electron chi connectivity index (χ4n) is 5.34. The molecule has 0 aromatic heterocycles. The molecule has 0 aromatic carbocycles. The summed E-state index contributed by atoms with van der Waals surface area (Å²) in [4.78, 5) is 36.8. The third-order valence-corrected chi connectivity index (χ3v) is 8.41. The van der Waals surface area contributed by atoms with Crippen LogP contribution < -0.4 is 0 Å². The lowest BCUT2D eigenvalue weighted by Gasteiger charge is -2.31. The number of quaternary nitrogens is 1. The Kier molecular flexibility index (Phi) is 31.6. The minimum Gasteiger partial charge on any atom is -0.477 e. The number of aliphatic carboxylic acids is 1. The third kappa shape index (κ3) is 31.3. The fourth-order valence-corrected chi connectivity index (χ4v) is 5.34. The summed E-state index contributed by atoms with van der Waals surface area (Å²) in [5.74, 6) is -1.51. The van der Waals surface area contributed by atoms with E-state index in [2.05, 4.69) is 62.5 Å². The summed E-state index contributed by atoms with van der Waals surface area (Å²) in [5.41, 5.74) is 0. The van der Waals surface area contributed by atoms with E-state index in [4.69, 9.17) is 14.2 Å². The largest absolute Gasteiger partial charge is 0.477 e. The highest BCUT2D eigenvalue weighted by atomic mass is 16.6. The van der Waals surface area contributed by atoms with E-state index in [1.165, 1.54) is 12.8 Å². The van der Waals surface area contributed by atoms with Crippen LogP contribution in [0.25, 0.3) is 0 Å². The molecule has 8 heteroatoms. The molecule has 0 bridgehead atoms. The lowest BCUT2D eigenvalue weighted by Crippen LogP contribution is -2.50. The number of likely N-dealkylation sites (N-methyl/N-ethyl adjacent to an activating group) is 1. The summed E-state index contributed by atoms with van der Waals surface area (Å²) in [6, 6.07) is -0.619. The van der Waals surface area contributed by atoms with Crippen LogP contribution in [0.5, 0.6) is 0 Å². The van der Waals surface area contributed by atoms with Crippen molar-refractivity contribution in [3.8, 4) is 0 Å². The molecule has 0 spiro atoms. The van der Waals surface area contributed by atoms with Crippen molar-refractivity contribution >= 4 is 17.9 Å². The van der Waals surface area contributed by atoms with Gasteiger partial charge in [0.05, 0.1) is 34.4 Å². The first-order valence-electron chi connectivity index (χ1n) is 19.7. The van der Waals surface area contributed by atoms with Gasteiger partial charge in [-0.2, -0.15) is 0 Å². The zero-order valence-corrected chi connectivity index (χ0v) is 32.6. The predicted octanol–water partition coefficient (Wildman–Crippen LogP) is 10.1. The van der Waals surface area contributed by atoms with Crippen molar-refractivity contribution in [2.75, 3.05) is 41.0 Å². The average Bonchev–Trinajstić information content (AvgIpc) is 3.06. The molecule has 0 aromatic rings. The van der Waals surface area contributed by atoms with Gasteiger partial charge in [0.25, 0.3) is 0 Å². The molecule has 0 saturated heterocycles. The molecule has 0 rings (SSSR count). The zero-order chi connectivity index (χ0) is 37.1. The van der Waals surface area contributed by atoms with E-state index in [-0.39, 0.29) is 36.2 Å². The Hall–Kier alpha value is -2.71. The van der Waals surface area contributed by atoms with Gasteiger partial charge in [0.15, 0.2) is 12.1 Å². The number of nitrogens with zero attached hydrogens (tertiary/aromatic N) is 1. The van der Waals surface area contributed by atoms with E-state index < -0.39 is 18.1 Å². The van der Waals surface area contributed by atoms with Gasteiger partial charge < -0.3 is 23.8 Å². The molecule has 288 valence electrons. The summed E-state index contributed by atoms with van der Waals surface area (Å²) < 4.78 is 17.2. The van der Waals surface area contributed by atoms with E-state index in [1.807, 2.05) is 21.1 Å². The van der Waals surface area contributed by atoms with Crippen LogP contribution in [0.2, 0.25) is 0 Å². The van der Waals surface area contributed by atoms with Crippen molar-refractivity contribution in [2.24, 2.45) is 0 Å². The highest BCUT2D eigenvalue weighted by Gasteiger charge is 2.31. The molecule has 0 aliphatic rings. The highest BCUT2D eigenvalue weighted by Crippen LogP contribution is 2.13. The summed E-state index contributed by atoms with van der Waals surface area (Å²) in [7, 11) is 5.50. The summed E-state index contributed by atoms with van der Waals surface area (Å²) in [6.45, 7) is 4.55.